The van der Waals surface area contributed by atoms with Gasteiger partial charge in [-0.1, -0.05) is 15.9 Å². The summed E-state index contributed by atoms with van der Waals surface area (Å²) in [6.45, 7) is 0. The molecule has 2 nitrogen and oxygen atoms in total. The van der Waals surface area contributed by atoms with E-state index in [4.69, 9.17) is 0 Å². The van der Waals surface area contributed by atoms with E-state index in [1.807, 2.05) is 0 Å². The maximum Gasteiger partial charge on any atom is 0.129 e. The first-order valence-electron chi connectivity index (χ1n) is 3.49. The van der Waals surface area contributed by atoms with Crippen molar-refractivity contribution in [1.29, 1.82) is 0 Å². The Morgan fingerprint density at radius 3 is 3.08 bits per heavy atom. The summed E-state index contributed by atoms with van der Waals surface area (Å²) in [4.78, 5) is 6.95. The molecular formula is C8H6BrFN2. The van der Waals surface area contributed by atoms with Gasteiger partial charge in [0.1, 0.15) is 5.82 Å². The van der Waals surface area contributed by atoms with Gasteiger partial charge in [0, 0.05) is 10.9 Å². The minimum absolute atomic E-state index is 0.216. The fourth-order valence-corrected chi connectivity index (χ4v) is 1.70. The van der Waals surface area contributed by atoms with Crippen molar-refractivity contribution in [2.24, 2.45) is 0 Å². The number of nitrogens with one attached hydrogen (secondary N) is 1. The number of halogens is 2. The first-order chi connectivity index (χ1) is 5.83. The van der Waals surface area contributed by atoms with Crippen molar-refractivity contribution in [2.45, 2.75) is 5.33 Å². The number of rotatable bonds is 1. The summed E-state index contributed by atoms with van der Waals surface area (Å²) in [5.41, 5.74) is 2.17. The molecular weight excluding hydrogens is 223 g/mol. The normalized spacial score (nSPS) is 10.8. The molecule has 0 fully saturated rings. The molecule has 12 heavy (non-hydrogen) atoms. The summed E-state index contributed by atoms with van der Waals surface area (Å²) in [6, 6.07) is 3.13. The third kappa shape index (κ3) is 1.03. The van der Waals surface area contributed by atoms with E-state index >= 15 is 0 Å². The molecule has 0 amide bonds. The SMILES string of the molecule is Fc1ccc2[nH]cnc2c1CBr. The second kappa shape index (κ2) is 2.86. The van der Waals surface area contributed by atoms with E-state index in [1.165, 1.54) is 6.07 Å². The summed E-state index contributed by atoms with van der Waals surface area (Å²) >= 11 is 3.22. The van der Waals surface area contributed by atoms with Crippen LogP contribution in [0.1, 0.15) is 5.56 Å². The molecule has 0 aliphatic carbocycles. The Morgan fingerprint density at radius 1 is 1.50 bits per heavy atom. The van der Waals surface area contributed by atoms with Crippen LogP contribution in [-0.2, 0) is 5.33 Å². The van der Waals surface area contributed by atoms with Crippen LogP contribution < -0.4 is 0 Å². The van der Waals surface area contributed by atoms with Crippen molar-refractivity contribution in [1.82, 2.24) is 9.97 Å². The van der Waals surface area contributed by atoms with Gasteiger partial charge in [-0.05, 0) is 12.1 Å². The van der Waals surface area contributed by atoms with Crippen LogP contribution in [0, 0.1) is 5.82 Å². The highest BCUT2D eigenvalue weighted by molar-refractivity contribution is 9.08. The van der Waals surface area contributed by atoms with Crippen LogP contribution in [-0.4, -0.2) is 9.97 Å². The highest BCUT2D eigenvalue weighted by atomic mass is 79.9. The number of imidazole rings is 1. The molecule has 0 aliphatic heterocycles. The van der Waals surface area contributed by atoms with Crippen LogP contribution >= 0.6 is 15.9 Å². The molecule has 1 heterocycles. The van der Waals surface area contributed by atoms with Crippen molar-refractivity contribution in [3.05, 3.63) is 29.8 Å². The molecule has 0 spiro atoms. The predicted octanol–water partition coefficient (Wildman–Crippen LogP) is 2.60. The standard InChI is InChI=1S/C8H6BrFN2/c9-3-5-6(10)1-2-7-8(5)12-4-11-7/h1-2,4H,3H2,(H,11,12). The van der Waals surface area contributed by atoms with Gasteiger partial charge in [0.15, 0.2) is 0 Å². The Kier molecular flexibility index (Phi) is 1.84. The smallest absolute Gasteiger partial charge is 0.129 e. The van der Waals surface area contributed by atoms with Gasteiger partial charge in [-0.15, -0.1) is 0 Å². The molecule has 0 aliphatic rings. The van der Waals surface area contributed by atoms with E-state index < -0.39 is 0 Å². The lowest BCUT2D eigenvalue weighted by atomic mass is 10.2. The third-order valence-corrected chi connectivity index (χ3v) is 2.33. The van der Waals surface area contributed by atoms with Crippen LogP contribution in [0.2, 0.25) is 0 Å². The maximum atomic E-state index is 13.1. The summed E-state index contributed by atoms with van der Waals surface area (Å²) in [5.74, 6) is -0.216. The van der Waals surface area contributed by atoms with Gasteiger partial charge < -0.3 is 4.98 Å². The van der Waals surface area contributed by atoms with E-state index in [0.717, 1.165) is 5.52 Å². The highest BCUT2D eigenvalue weighted by Crippen LogP contribution is 2.20. The van der Waals surface area contributed by atoms with Gasteiger partial charge in [0.25, 0.3) is 0 Å². The Labute approximate surface area is 76.9 Å². The molecule has 0 atom stereocenters. The Morgan fingerprint density at radius 2 is 2.33 bits per heavy atom. The average molecular weight is 229 g/mol. The number of aromatic amines is 1. The van der Waals surface area contributed by atoms with E-state index in [-0.39, 0.29) is 5.82 Å². The van der Waals surface area contributed by atoms with Gasteiger partial charge in [-0.2, -0.15) is 0 Å². The Bertz CT molecular complexity index is 410. The van der Waals surface area contributed by atoms with E-state index in [0.29, 0.717) is 16.4 Å². The molecule has 0 unspecified atom stereocenters. The molecule has 0 bridgehead atoms. The molecule has 4 heteroatoms. The summed E-state index contributed by atoms with van der Waals surface area (Å²) in [7, 11) is 0. The molecule has 1 N–H and O–H groups in total. The van der Waals surface area contributed by atoms with Crippen molar-refractivity contribution >= 4 is 27.0 Å². The van der Waals surface area contributed by atoms with E-state index in [9.17, 15) is 4.39 Å². The summed E-state index contributed by atoms with van der Waals surface area (Å²) in [5, 5.41) is 0.487. The van der Waals surface area contributed by atoms with Gasteiger partial charge >= 0.3 is 0 Å². The lowest BCUT2D eigenvalue weighted by molar-refractivity contribution is 0.620. The zero-order chi connectivity index (χ0) is 8.55. The molecule has 62 valence electrons. The van der Waals surface area contributed by atoms with Crippen LogP contribution in [0.3, 0.4) is 0 Å². The van der Waals surface area contributed by atoms with Gasteiger partial charge in [-0.25, -0.2) is 9.37 Å². The molecule has 1 aromatic carbocycles. The van der Waals surface area contributed by atoms with Gasteiger partial charge in [-0.3, -0.25) is 0 Å². The fourth-order valence-electron chi connectivity index (χ4n) is 1.17. The Balaban J connectivity index is 2.83. The van der Waals surface area contributed by atoms with E-state index in [1.54, 1.807) is 12.4 Å². The van der Waals surface area contributed by atoms with Crippen LogP contribution in [0.5, 0.6) is 0 Å². The van der Waals surface area contributed by atoms with Crippen molar-refractivity contribution < 1.29 is 4.39 Å². The molecule has 2 rings (SSSR count). The molecule has 0 radical (unpaired) electrons. The first-order valence-corrected chi connectivity index (χ1v) is 4.61. The van der Waals surface area contributed by atoms with Crippen molar-refractivity contribution in [2.75, 3.05) is 0 Å². The zero-order valence-corrected chi connectivity index (χ0v) is 7.73. The Hall–Kier alpha value is -0.900. The monoisotopic (exact) mass is 228 g/mol. The number of hydrogen-bond acceptors (Lipinski definition) is 1. The summed E-state index contributed by atoms with van der Waals surface area (Å²) in [6.07, 6.45) is 1.57. The largest absolute Gasteiger partial charge is 0.345 e. The third-order valence-electron chi connectivity index (χ3n) is 1.77. The number of nitrogens with zero attached hydrogens (tertiary/aromatic N) is 1. The van der Waals surface area contributed by atoms with Crippen LogP contribution in [0.15, 0.2) is 18.5 Å². The van der Waals surface area contributed by atoms with Gasteiger partial charge in [0.05, 0.1) is 17.4 Å². The number of alkyl halides is 1. The minimum atomic E-state index is -0.216. The lowest BCUT2D eigenvalue weighted by Gasteiger charge is -1.98. The zero-order valence-electron chi connectivity index (χ0n) is 6.14. The highest BCUT2D eigenvalue weighted by Gasteiger charge is 2.07. The molecule has 2 aromatic rings. The maximum absolute atomic E-state index is 13.1. The molecule has 0 saturated carbocycles. The molecule has 0 saturated heterocycles. The van der Waals surface area contributed by atoms with Gasteiger partial charge in [0.2, 0.25) is 0 Å². The second-order valence-corrected chi connectivity index (χ2v) is 3.02. The lowest BCUT2D eigenvalue weighted by Crippen LogP contribution is -1.87. The number of H-pyrrole nitrogens is 1. The second-order valence-electron chi connectivity index (χ2n) is 2.46. The van der Waals surface area contributed by atoms with E-state index in [2.05, 4.69) is 25.9 Å². The topological polar surface area (TPSA) is 28.7 Å². The summed E-state index contributed by atoms with van der Waals surface area (Å²) < 4.78 is 13.1. The fraction of sp³-hybridized carbons (Fsp3) is 0.125. The predicted molar refractivity (Wildman–Crippen MR) is 48.7 cm³/mol. The number of benzene rings is 1. The van der Waals surface area contributed by atoms with Crippen LogP contribution in [0.4, 0.5) is 4.39 Å². The van der Waals surface area contributed by atoms with Crippen molar-refractivity contribution in [3.63, 3.8) is 0 Å². The number of fused-ring (bicyclic) bond motifs is 1. The van der Waals surface area contributed by atoms with Crippen LogP contribution in [0.25, 0.3) is 11.0 Å². The molecule has 1 aromatic heterocycles. The van der Waals surface area contributed by atoms with Crippen molar-refractivity contribution in [3.8, 4) is 0 Å². The first kappa shape index (κ1) is 7.73. The minimum Gasteiger partial charge on any atom is -0.345 e. The quantitative estimate of drug-likeness (QED) is 0.748. The number of aromatic nitrogens is 2. The number of hydrogen-bond donors (Lipinski definition) is 1. The average Bonchev–Trinajstić information content (AvgIpc) is 2.52.